The van der Waals surface area contributed by atoms with E-state index in [1.165, 1.54) is 12.1 Å². The lowest BCUT2D eigenvalue weighted by Gasteiger charge is -2.08. The number of nitro benzene ring substituents is 1. The highest BCUT2D eigenvalue weighted by Crippen LogP contribution is 2.28. The standard InChI is InChI=1S/C15H10ClN3O4/c16-13-7-12(19(21)22)5-6-14(13)23-9-15(20)18-11-3-1-10(8-17)2-4-11/h1-7H,9H2,(H,18,20). The third kappa shape index (κ3) is 4.43. The van der Waals surface area contributed by atoms with Crippen molar-refractivity contribution in [1.29, 1.82) is 5.26 Å². The van der Waals surface area contributed by atoms with Crippen LogP contribution in [0.3, 0.4) is 0 Å². The Morgan fingerprint density at radius 2 is 2.00 bits per heavy atom. The van der Waals surface area contributed by atoms with Crippen LogP contribution in [-0.2, 0) is 4.79 Å². The molecule has 0 saturated carbocycles. The molecular formula is C15H10ClN3O4. The lowest BCUT2D eigenvalue weighted by Crippen LogP contribution is -2.20. The van der Waals surface area contributed by atoms with Crippen LogP contribution in [0.15, 0.2) is 42.5 Å². The Kier molecular flexibility index (Phi) is 5.12. The second-order valence-electron chi connectivity index (χ2n) is 4.40. The molecular weight excluding hydrogens is 322 g/mol. The summed E-state index contributed by atoms with van der Waals surface area (Å²) in [5, 5.41) is 21.9. The van der Waals surface area contributed by atoms with Gasteiger partial charge in [0.25, 0.3) is 11.6 Å². The van der Waals surface area contributed by atoms with E-state index in [1.807, 2.05) is 6.07 Å². The average molecular weight is 332 g/mol. The summed E-state index contributed by atoms with van der Waals surface area (Å²) in [5.74, 6) is -0.253. The van der Waals surface area contributed by atoms with Crippen LogP contribution in [-0.4, -0.2) is 17.4 Å². The number of benzene rings is 2. The first-order chi connectivity index (χ1) is 11.0. The number of nitrogens with zero attached hydrogens (tertiary/aromatic N) is 2. The van der Waals surface area contributed by atoms with Crippen molar-refractivity contribution < 1.29 is 14.5 Å². The van der Waals surface area contributed by atoms with Crippen LogP contribution in [0.2, 0.25) is 5.02 Å². The van der Waals surface area contributed by atoms with E-state index < -0.39 is 10.8 Å². The Labute approximate surface area is 136 Å². The maximum absolute atomic E-state index is 11.8. The average Bonchev–Trinajstić information content (AvgIpc) is 2.54. The second kappa shape index (κ2) is 7.24. The maximum Gasteiger partial charge on any atom is 0.271 e. The van der Waals surface area contributed by atoms with Crippen molar-refractivity contribution in [3.8, 4) is 11.8 Å². The van der Waals surface area contributed by atoms with Crippen molar-refractivity contribution in [3.05, 3.63) is 63.2 Å². The first kappa shape index (κ1) is 16.3. The van der Waals surface area contributed by atoms with E-state index in [0.717, 1.165) is 6.07 Å². The smallest absolute Gasteiger partial charge is 0.271 e. The number of amides is 1. The highest BCUT2D eigenvalue weighted by molar-refractivity contribution is 6.32. The molecule has 8 heteroatoms. The van der Waals surface area contributed by atoms with Gasteiger partial charge in [-0.25, -0.2) is 0 Å². The molecule has 1 N–H and O–H groups in total. The number of hydrogen-bond acceptors (Lipinski definition) is 5. The van der Waals surface area contributed by atoms with Crippen molar-refractivity contribution in [2.45, 2.75) is 0 Å². The summed E-state index contributed by atoms with van der Waals surface area (Å²) in [7, 11) is 0. The number of rotatable bonds is 5. The number of non-ortho nitro benzene ring substituents is 1. The van der Waals surface area contributed by atoms with Gasteiger partial charge >= 0.3 is 0 Å². The molecule has 0 saturated heterocycles. The molecule has 0 aromatic heterocycles. The van der Waals surface area contributed by atoms with Gasteiger partial charge in [0.2, 0.25) is 0 Å². The van der Waals surface area contributed by atoms with Gasteiger partial charge in [-0.2, -0.15) is 5.26 Å². The molecule has 0 aliphatic carbocycles. The van der Waals surface area contributed by atoms with Gasteiger partial charge in [-0.3, -0.25) is 14.9 Å². The minimum atomic E-state index is -0.576. The fourth-order valence-corrected chi connectivity index (χ4v) is 1.92. The third-order valence-electron chi connectivity index (χ3n) is 2.78. The molecule has 116 valence electrons. The minimum Gasteiger partial charge on any atom is -0.482 e. The molecule has 0 atom stereocenters. The number of nitrogens with one attached hydrogen (secondary N) is 1. The summed E-state index contributed by atoms with van der Waals surface area (Å²) in [6, 6.07) is 12.0. The van der Waals surface area contributed by atoms with E-state index >= 15 is 0 Å². The number of hydrogen-bond donors (Lipinski definition) is 1. The summed E-state index contributed by atoms with van der Waals surface area (Å²) >= 11 is 5.86. The third-order valence-corrected chi connectivity index (χ3v) is 3.08. The monoisotopic (exact) mass is 331 g/mol. The Balaban J connectivity index is 1.93. The molecule has 0 aliphatic heterocycles. The molecule has 2 aromatic rings. The maximum atomic E-state index is 11.8. The number of ether oxygens (including phenoxy) is 1. The van der Waals surface area contributed by atoms with Gasteiger partial charge in [0.15, 0.2) is 6.61 Å². The number of nitro groups is 1. The number of carbonyl (C=O) groups is 1. The number of anilines is 1. The van der Waals surface area contributed by atoms with E-state index in [4.69, 9.17) is 21.6 Å². The van der Waals surface area contributed by atoms with Gasteiger partial charge in [-0.15, -0.1) is 0 Å². The van der Waals surface area contributed by atoms with E-state index in [2.05, 4.69) is 5.32 Å². The lowest BCUT2D eigenvalue weighted by atomic mass is 10.2. The van der Waals surface area contributed by atoms with Gasteiger partial charge in [-0.1, -0.05) is 11.6 Å². The van der Waals surface area contributed by atoms with Crippen LogP contribution in [0.25, 0.3) is 0 Å². The van der Waals surface area contributed by atoms with Gasteiger partial charge in [0.05, 0.1) is 21.6 Å². The lowest BCUT2D eigenvalue weighted by molar-refractivity contribution is -0.384. The summed E-state index contributed by atoms with van der Waals surface area (Å²) in [5.41, 5.74) is 0.841. The fraction of sp³-hybridized carbons (Fsp3) is 0.0667. The molecule has 0 fully saturated rings. The van der Waals surface area contributed by atoms with Crippen molar-refractivity contribution >= 4 is 28.9 Å². The molecule has 2 aromatic carbocycles. The molecule has 0 spiro atoms. The zero-order valence-corrected chi connectivity index (χ0v) is 12.4. The quantitative estimate of drug-likeness (QED) is 0.669. The molecule has 0 radical (unpaired) electrons. The van der Waals surface area contributed by atoms with Crippen molar-refractivity contribution in [1.82, 2.24) is 0 Å². The van der Waals surface area contributed by atoms with Crippen LogP contribution in [0.1, 0.15) is 5.56 Å². The normalized spacial score (nSPS) is 9.74. The Morgan fingerprint density at radius 1 is 1.30 bits per heavy atom. The van der Waals surface area contributed by atoms with Crippen LogP contribution < -0.4 is 10.1 Å². The number of halogens is 1. The summed E-state index contributed by atoms with van der Waals surface area (Å²) in [4.78, 5) is 21.8. The van der Waals surface area contributed by atoms with Crippen LogP contribution in [0.4, 0.5) is 11.4 Å². The topological polar surface area (TPSA) is 105 Å². The highest BCUT2D eigenvalue weighted by atomic mass is 35.5. The predicted octanol–water partition coefficient (Wildman–Crippen LogP) is 3.14. The Morgan fingerprint density at radius 3 is 2.57 bits per heavy atom. The molecule has 0 aliphatic rings. The molecule has 7 nitrogen and oxygen atoms in total. The summed E-state index contributed by atoms with van der Waals surface area (Å²) in [6.07, 6.45) is 0. The van der Waals surface area contributed by atoms with Crippen molar-refractivity contribution in [2.24, 2.45) is 0 Å². The van der Waals surface area contributed by atoms with E-state index in [1.54, 1.807) is 24.3 Å². The number of carbonyl (C=O) groups excluding carboxylic acids is 1. The van der Waals surface area contributed by atoms with E-state index in [0.29, 0.717) is 11.3 Å². The molecule has 1 amide bonds. The second-order valence-corrected chi connectivity index (χ2v) is 4.81. The molecule has 0 bridgehead atoms. The zero-order chi connectivity index (χ0) is 16.8. The zero-order valence-electron chi connectivity index (χ0n) is 11.7. The first-order valence-corrected chi connectivity index (χ1v) is 6.74. The summed E-state index contributed by atoms with van der Waals surface area (Å²) < 4.78 is 5.23. The minimum absolute atomic E-state index is 0.0466. The Bertz CT molecular complexity index is 784. The summed E-state index contributed by atoms with van der Waals surface area (Å²) in [6.45, 7) is -0.308. The predicted molar refractivity (Wildman–Crippen MR) is 83.4 cm³/mol. The SMILES string of the molecule is N#Cc1ccc(NC(=O)COc2ccc([N+](=O)[O-])cc2Cl)cc1. The molecule has 0 unspecified atom stereocenters. The van der Waals surface area contributed by atoms with E-state index in [9.17, 15) is 14.9 Å². The number of nitriles is 1. The highest BCUT2D eigenvalue weighted by Gasteiger charge is 2.11. The van der Waals surface area contributed by atoms with Crippen molar-refractivity contribution in [3.63, 3.8) is 0 Å². The van der Waals surface area contributed by atoms with Crippen molar-refractivity contribution in [2.75, 3.05) is 11.9 Å². The molecule has 23 heavy (non-hydrogen) atoms. The fourth-order valence-electron chi connectivity index (χ4n) is 1.69. The van der Waals surface area contributed by atoms with Gasteiger partial charge in [0, 0.05) is 17.8 Å². The Hall–Kier alpha value is -3.11. The molecule has 0 heterocycles. The van der Waals surface area contributed by atoms with E-state index in [-0.39, 0.29) is 23.1 Å². The van der Waals surface area contributed by atoms with Gasteiger partial charge < -0.3 is 10.1 Å². The largest absolute Gasteiger partial charge is 0.482 e. The first-order valence-electron chi connectivity index (χ1n) is 6.36. The van der Waals surface area contributed by atoms with Crippen LogP contribution >= 0.6 is 11.6 Å². The van der Waals surface area contributed by atoms with Crippen LogP contribution in [0, 0.1) is 21.4 Å². The van der Waals surface area contributed by atoms with Gasteiger partial charge in [0.1, 0.15) is 5.75 Å². The molecule has 2 rings (SSSR count). The van der Waals surface area contributed by atoms with Gasteiger partial charge in [-0.05, 0) is 30.3 Å². The van der Waals surface area contributed by atoms with Crippen LogP contribution in [0.5, 0.6) is 5.75 Å².